The fourth-order valence-corrected chi connectivity index (χ4v) is 1.79. The summed E-state index contributed by atoms with van der Waals surface area (Å²) in [6.45, 7) is 6.60. The van der Waals surface area contributed by atoms with Gasteiger partial charge in [0.1, 0.15) is 0 Å². The third-order valence-electron chi connectivity index (χ3n) is 2.75. The highest BCUT2D eigenvalue weighted by Gasteiger charge is 1.98. The van der Waals surface area contributed by atoms with Gasteiger partial charge in [0.05, 0.1) is 0 Å². The number of hydrogen-bond donors (Lipinski definition) is 2. The van der Waals surface area contributed by atoms with Crippen LogP contribution >= 0.6 is 12.6 Å². The van der Waals surface area contributed by atoms with Crippen molar-refractivity contribution in [3.05, 3.63) is 35.4 Å². The first-order chi connectivity index (χ1) is 7.74. The Morgan fingerprint density at radius 2 is 1.81 bits per heavy atom. The standard InChI is InChI=1S/C14H23NS/c1-12(2)14-6-4-13(5-7-14)8-10-15-9-3-11-16/h4-7,12,15-16H,3,8-11H2,1-2H3. The Hall–Kier alpha value is -0.470. The second kappa shape index (κ2) is 7.75. The van der Waals surface area contributed by atoms with Gasteiger partial charge in [-0.1, -0.05) is 38.1 Å². The summed E-state index contributed by atoms with van der Waals surface area (Å²) < 4.78 is 0. The van der Waals surface area contributed by atoms with Crippen molar-refractivity contribution in [3.63, 3.8) is 0 Å². The van der Waals surface area contributed by atoms with Gasteiger partial charge in [-0.05, 0) is 48.7 Å². The molecule has 0 bridgehead atoms. The molecule has 16 heavy (non-hydrogen) atoms. The molecule has 0 aromatic heterocycles. The smallest absolute Gasteiger partial charge is 0.000835 e. The van der Waals surface area contributed by atoms with Crippen LogP contribution in [0, 0.1) is 0 Å². The average Bonchev–Trinajstić information content (AvgIpc) is 2.29. The molecule has 1 rings (SSSR count). The second-order valence-corrected chi connectivity index (χ2v) is 4.92. The van der Waals surface area contributed by atoms with E-state index in [1.807, 2.05) is 0 Å². The number of benzene rings is 1. The van der Waals surface area contributed by atoms with E-state index in [9.17, 15) is 0 Å². The number of rotatable bonds is 7. The normalized spacial score (nSPS) is 11.0. The molecule has 1 aromatic rings. The topological polar surface area (TPSA) is 12.0 Å². The zero-order chi connectivity index (χ0) is 11.8. The maximum Gasteiger partial charge on any atom is -0.000835 e. The van der Waals surface area contributed by atoms with E-state index in [0.29, 0.717) is 5.92 Å². The molecule has 90 valence electrons. The van der Waals surface area contributed by atoms with Crippen LogP contribution in [-0.2, 0) is 6.42 Å². The average molecular weight is 237 g/mol. The van der Waals surface area contributed by atoms with Crippen LogP contribution in [0.25, 0.3) is 0 Å². The van der Waals surface area contributed by atoms with Gasteiger partial charge in [-0.2, -0.15) is 12.6 Å². The molecule has 0 aliphatic heterocycles. The van der Waals surface area contributed by atoms with Crippen molar-refractivity contribution in [2.45, 2.75) is 32.6 Å². The third kappa shape index (κ3) is 5.04. The van der Waals surface area contributed by atoms with E-state index in [2.05, 4.69) is 56.1 Å². The molecule has 1 N–H and O–H groups in total. The molecule has 0 saturated carbocycles. The lowest BCUT2D eigenvalue weighted by Crippen LogP contribution is -2.18. The quantitative estimate of drug-likeness (QED) is 0.548. The lowest BCUT2D eigenvalue weighted by Gasteiger charge is -2.07. The lowest BCUT2D eigenvalue weighted by atomic mass is 10.0. The second-order valence-electron chi connectivity index (χ2n) is 4.47. The molecule has 0 fully saturated rings. The Morgan fingerprint density at radius 1 is 1.12 bits per heavy atom. The highest BCUT2D eigenvalue weighted by Crippen LogP contribution is 2.14. The van der Waals surface area contributed by atoms with Gasteiger partial charge in [0, 0.05) is 0 Å². The van der Waals surface area contributed by atoms with Gasteiger partial charge in [0.15, 0.2) is 0 Å². The molecule has 1 nitrogen and oxygen atoms in total. The molecule has 0 aliphatic rings. The maximum atomic E-state index is 4.18. The molecule has 0 saturated heterocycles. The zero-order valence-corrected chi connectivity index (χ0v) is 11.3. The van der Waals surface area contributed by atoms with Crippen molar-refractivity contribution in [1.82, 2.24) is 5.32 Å². The van der Waals surface area contributed by atoms with Gasteiger partial charge >= 0.3 is 0 Å². The Morgan fingerprint density at radius 3 is 2.38 bits per heavy atom. The monoisotopic (exact) mass is 237 g/mol. The van der Waals surface area contributed by atoms with Crippen LogP contribution in [0.2, 0.25) is 0 Å². The van der Waals surface area contributed by atoms with Gasteiger partial charge < -0.3 is 5.32 Å². The van der Waals surface area contributed by atoms with Gasteiger partial charge in [-0.3, -0.25) is 0 Å². The predicted molar refractivity (Wildman–Crippen MR) is 75.6 cm³/mol. The summed E-state index contributed by atoms with van der Waals surface area (Å²) in [5.41, 5.74) is 2.84. The highest BCUT2D eigenvalue weighted by molar-refractivity contribution is 7.80. The molecule has 0 amide bonds. The Kier molecular flexibility index (Phi) is 6.58. The Labute approximate surface area is 105 Å². The van der Waals surface area contributed by atoms with Crippen LogP contribution in [0.5, 0.6) is 0 Å². The number of thiol groups is 1. The summed E-state index contributed by atoms with van der Waals surface area (Å²) in [5, 5.41) is 3.42. The summed E-state index contributed by atoms with van der Waals surface area (Å²) in [7, 11) is 0. The van der Waals surface area contributed by atoms with Crippen LogP contribution in [0.15, 0.2) is 24.3 Å². The van der Waals surface area contributed by atoms with Crippen molar-refractivity contribution in [2.75, 3.05) is 18.8 Å². The van der Waals surface area contributed by atoms with E-state index in [1.54, 1.807) is 0 Å². The van der Waals surface area contributed by atoms with E-state index in [4.69, 9.17) is 0 Å². The largest absolute Gasteiger partial charge is 0.316 e. The van der Waals surface area contributed by atoms with Crippen molar-refractivity contribution < 1.29 is 0 Å². The van der Waals surface area contributed by atoms with Crippen LogP contribution in [0.3, 0.4) is 0 Å². The summed E-state index contributed by atoms with van der Waals surface area (Å²) in [5.74, 6) is 1.60. The zero-order valence-electron chi connectivity index (χ0n) is 10.4. The molecular formula is C14H23NS. The molecule has 0 spiro atoms. The van der Waals surface area contributed by atoms with E-state index in [1.165, 1.54) is 11.1 Å². The molecule has 2 heteroatoms. The summed E-state index contributed by atoms with van der Waals surface area (Å²) in [6.07, 6.45) is 2.26. The number of nitrogens with one attached hydrogen (secondary N) is 1. The summed E-state index contributed by atoms with van der Waals surface area (Å²) in [4.78, 5) is 0. The molecule has 0 unspecified atom stereocenters. The predicted octanol–water partition coefficient (Wildman–Crippen LogP) is 3.26. The van der Waals surface area contributed by atoms with Crippen LogP contribution in [0.1, 0.15) is 37.3 Å². The van der Waals surface area contributed by atoms with Crippen LogP contribution in [0.4, 0.5) is 0 Å². The third-order valence-corrected chi connectivity index (χ3v) is 3.06. The molecular weight excluding hydrogens is 214 g/mol. The molecule has 0 heterocycles. The maximum absolute atomic E-state index is 4.18. The Bertz CT molecular complexity index is 279. The minimum Gasteiger partial charge on any atom is -0.316 e. The summed E-state index contributed by atoms with van der Waals surface area (Å²) >= 11 is 4.18. The van der Waals surface area contributed by atoms with Crippen molar-refractivity contribution in [3.8, 4) is 0 Å². The van der Waals surface area contributed by atoms with Gasteiger partial charge in [-0.25, -0.2) is 0 Å². The lowest BCUT2D eigenvalue weighted by molar-refractivity contribution is 0.674. The minimum atomic E-state index is 0.627. The first-order valence-corrected chi connectivity index (χ1v) is 6.77. The highest BCUT2D eigenvalue weighted by atomic mass is 32.1. The molecule has 1 aromatic carbocycles. The van der Waals surface area contributed by atoms with Crippen molar-refractivity contribution in [1.29, 1.82) is 0 Å². The summed E-state index contributed by atoms with van der Waals surface area (Å²) in [6, 6.07) is 8.98. The van der Waals surface area contributed by atoms with Gasteiger partial charge in [-0.15, -0.1) is 0 Å². The minimum absolute atomic E-state index is 0.627. The van der Waals surface area contributed by atoms with E-state index in [0.717, 1.165) is 31.7 Å². The SMILES string of the molecule is CC(C)c1ccc(CCNCCCS)cc1. The van der Waals surface area contributed by atoms with Gasteiger partial charge in [0.2, 0.25) is 0 Å². The first kappa shape index (κ1) is 13.6. The van der Waals surface area contributed by atoms with E-state index in [-0.39, 0.29) is 0 Å². The molecule has 0 atom stereocenters. The van der Waals surface area contributed by atoms with Crippen LogP contribution < -0.4 is 5.32 Å². The first-order valence-electron chi connectivity index (χ1n) is 6.14. The fourth-order valence-electron chi connectivity index (χ4n) is 1.63. The fraction of sp³-hybridized carbons (Fsp3) is 0.571. The molecule has 0 radical (unpaired) electrons. The van der Waals surface area contributed by atoms with Gasteiger partial charge in [0.25, 0.3) is 0 Å². The van der Waals surface area contributed by atoms with E-state index >= 15 is 0 Å². The molecule has 0 aliphatic carbocycles. The van der Waals surface area contributed by atoms with Crippen molar-refractivity contribution >= 4 is 12.6 Å². The Balaban J connectivity index is 2.27. The van der Waals surface area contributed by atoms with Crippen molar-refractivity contribution in [2.24, 2.45) is 0 Å². The number of hydrogen-bond acceptors (Lipinski definition) is 2. The van der Waals surface area contributed by atoms with Crippen LogP contribution in [-0.4, -0.2) is 18.8 Å². The van der Waals surface area contributed by atoms with E-state index < -0.39 is 0 Å².